The van der Waals surface area contributed by atoms with Crippen molar-refractivity contribution in [2.24, 2.45) is 0 Å². The van der Waals surface area contributed by atoms with E-state index in [9.17, 15) is 18.4 Å². The van der Waals surface area contributed by atoms with Gasteiger partial charge in [0.2, 0.25) is 5.91 Å². The second-order valence-corrected chi connectivity index (χ2v) is 5.60. The van der Waals surface area contributed by atoms with Crippen molar-refractivity contribution in [3.8, 4) is 0 Å². The summed E-state index contributed by atoms with van der Waals surface area (Å²) >= 11 is 3.27. The number of anilines is 1. The minimum Gasteiger partial charge on any atom is -0.352 e. The molecular formula is C16H13BrF2N2O2. The van der Waals surface area contributed by atoms with Crippen molar-refractivity contribution in [3.63, 3.8) is 0 Å². The number of halogens is 3. The Bertz CT molecular complexity index is 721. The van der Waals surface area contributed by atoms with Gasteiger partial charge in [-0.3, -0.25) is 9.59 Å². The maximum Gasteiger partial charge on any atom is 0.251 e. The van der Waals surface area contributed by atoms with Crippen LogP contribution in [0, 0.1) is 11.6 Å². The normalized spacial score (nSPS) is 10.2. The van der Waals surface area contributed by atoms with Gasteiger partial charge in [0.1, 0.15) is 11.6 Å². The third-order valence-corrected chi connectivity index (χ3v) is 3.48. The van der Waals surface area contributed by atoms with Crippen LogP contribution in [0.25, 0.3) is 0 Å². The minimum absolute atomic E-state index is 0.0573. The van der Waals surface area contributed by atoms with Crippen LogP contribution in [-0.4, -0.2) is 18.4 Å². The Kier molecular flexibility index (Phi) is 5.81. The van der Waals surface area contributed by atoms with E-state index in [1.807, 2.05) is 0 Å². The smallest absolute Gasteiger partial charge is 0.251 e. The lowest BCUT2D eigenvalue weighted by molar-refractivity contribution is -0.116. The number of hydrogen-bond donors (Lipinski definition) is 2. The molecule has 0 atom stereocenters. The van der Waals surface area contributed by atoms with Gasteiger partial charge in [0, 0.05) is 29.1 Å². The summed E-state index contributed by atoms with van der Waals surface area (Å²) in [7, 11) is 0. The van der Waals surface area contributed by atoms with E-state index in [1.165, 1.54) is 0 Å². The molecule has 2 aromatic carbocycles. The molecule has 0 aliphatic heterocycles. The van der Waals surface area contributed by atoms with E-state index in [0.29, 0.717) is 5.56 Å². The number of carbonyl (C=O) groups excluding carboxylic acids is 2. The highest BCUT2D eigenvalue weighted by Gasteiger charge is 2.09. The Morgan fingerprint density at radius 1 is 1.04 bits per heavy atom. The topological polar surface area (TPSA) is 58.2 Å². The van der Waals surface area contributed by atoms with Crippen LogP contribution in [0.1, 0.15) is 16.8 Å². The number of hydrogen-bond acceptors (Lipinski definition) is 2. The molecule has 2 amide bonds. The van der Waals surface area contributed by atoms with Crippen molar-refractivity contribution in [2.45, 2.75) is 6.42 Å². The van der Waals surface area contributed by atoms with Crippen molar-refractivity contribution in [1.82, 2.24) is 5.32 Å². The lowest BCUT2D eigenvalue weighted by atomic mass is 10.2. The van der Waals surface area contributed by atoms with Crippen LogP contribution in [-0.2, 0) is 4.79 Å². The van der Waals surface area contributed by atoms with Crippen LogP contribution >= 0.6 is 15.9 Å². The summed E-state index contributed by atoms with van der Waals surface area (Å²) in [5.74, 6) is -2.21. The fourth-order valence-corrected chi connectivity index (χ4v) is 2.06. The van der Waals surface area contributed by atoms with Gasteiger partial charge in [0.15, 0.2) is 0 Å². The maximum atomic E-state index is 13.4. The minimum atomic E-state index is -0.723. The van der Waals surface area contributed by atoms with E-state index in [4.69, 9.17) is 0 Å². The summed E-state index contributed by atoms with van der Waals surface area (Å²) in [4.78, 5) is 23.5. The largest absolute Gasteiger partial charge is 0.352 e. The molecule has 23 heavy (non-hydrogen) atoms. The fourth-order valence-electron chi connectivity index (χ4n) is 1.80. The zero-order valence-corrected chi connectivity index (χ0v) is 13.5. The van der Waals surface area contributed by atoms with Crippen molar-refractivity contribution in [2.75, 3.05) is 11.9 Å². The number of carbonyl (C=O) groups is 2. The summed E-state index contributed by atoms with van der Waals surface area (Å²) in [5.41, 5.74) is 0.235. The van der Waals surface area contributed by atoms with E-state index < -0.39 is 17.5 Å². The molecule has 0 aliphatic rings. The van der Waals surface area contributed by atoms with E-state index in [2.05, 4.69) is 26.6 Å². The van der Waals surface area contributed by atoms with E-state index in [-0.39, 0.29) is 24.6 Å². The van der Waals surface area contributed by atoms with Crippen molar-refractivity contribution in [1.29, 1.82) is 0 Å². The summed E-state index contributed by atoms with van der Waals surface area (Å²) in [6.45, 7) is 0.0810. The fraction of sp³-hybridized carbons (Fsp3) is 0.125. The highest BCUT2D eigenvalue weighted by molar-refractivity contribution is 9.10. The zero-order valence-electron chi connectivity index (χ0n) is 11.9. The van der Waals surface area contributed by atoms with Gasteiger partial charge in [-0.15, -0.1) is 0 Å². The Balaban J connectivity index is 1.81. The van der Waals surface area contributed by atoms with Crippen LogP contribution in [0.2, 0.25) is 0 Å². The van der Waals surface area contributed by atoms with Gasteiger partial charge in [-0.25, -0.2) is 8.78 Å². The monoisotopic (exact) mass is 382 g/mol. The van der Waals surface area contributed by atoms with Crippen molar-refractivity contribution < 1.29 is 18.4 Å². The number of amides is 2. The van der Waals surface area contributed by atoms with E-state index in [0.717, 1.165) is 22.7 Å². The Morgan fingerprint density at radius 2 is 1.74 bits per heavy atom. The average Bonchev–Trinajstić information content (AvgIpc) is 2.51. The molecule has 0 saturated heterocycles. The molecule has 4 nitrogen and oxygen atoms in total. The zero-order chi connectivity index (χ0) is 16.8. The lowest BCUT2D eigenvalue weighted by Gasteiger charge is -2.08. The third-order valence-electron chi connectivity index (χ3n) is 2.95. The molecule has 2 rings (SSSR count). The molecule has 0 saturated carbocycles. The number of nitrogens with one attached hydrogen (secondary N) is 2. The van der Waals surface area contributed by atoms with E-state index >= 15 is 0 Å². The van der Waals surface area contributed by atoms with Crippen LogP contribution in [0.3, 0.4) is 0 Å². The van der Waals surface area contributed by atoms with Crippen LogP contribution in [0.4, 0.5) is 14.5 Å². The summed E-state index contributed by atoms with van der Waals surface area (Å²) < 4.78 is 27.2. The van der Waals surface area contributed by atoms with Gasteiger partial charge >= 0.3 is 0 Å². The van der Waals surface area contributed by atoms with Gasteiger partial charge in [0.05, 0.1) is 5.69 Å². The Labute approximate surface area is 140 Å². The van der Waals surface area contributed by atoms with Gasteiger partial charge in [0.25, 0.3) is 5.91 Å². The molecule has 0 bridgehead atoms. The quantitative estimate of drug-likeness (QED) is 0.831. The van der Waals surface area contributed by atoms with Gasteiger partial charge < -0.3 is 10.6 Å². The molecular weight excluding hydrogens is 370 g/mol. The maximum absolute atomic E-state index is 13.4. The van der Waals surface area contributed by atoms with Crippen molar-refractivity contribution in [3.05, 3.63) is 64.1 Å². The predicted molar refractivity (Wildman–Crippen MR) is 86.1 cm³/mol. The first kappa shape index (κ1) is 17.1. The highest BCUT2D eigenvalue weighted by atomic mass is 79.9. The number of rotatable bonds is 5. The molecule has 120 valence electrons. The van der Waals surface area contributed by atoms with Crippen LogP contribution in [0.5, 0.6) is 0 Å². The molecule has 7 heteroatoms. The molecule has 0 aromatic heterocycles. The van der Waals surface area contributed by atoms with Gasteiger partial charge in [-0.1, -0.05) is 15.9 Å². The first-order valence-corrected chi connectivity index (χ1v) is 7.53. The Hall–Kier alpha value is -2.28. The molecule has 2 N–H and O–H groups in total. The molecule has 2 aromatic rings. The standard InChI is InChI=1S/C16H13BrF2N2O2/c17-11-3-1-10(2-4-11)16(23)20-8-7-15(22)21-14-9-12(18)5-6-13(14)19/h1-6,9H,7-8H2,(H,20,23)(H,21,22). The molecule has 0 fully saturated rings. The van der Waals surface area contributed by atoms with Gasteiger partial charge in [-0.2, -0.15) is 0 Å². The van der Waals surface area contributed by atoms with Crippen LogP contribution in [0.15, 0.2) is 46.9 Å². The van der Waals surface area contributed by atoms with Crippen LogP contribution < -0.4 is 10.6 Å². The summed E-state index contributed by atoms with van der Waals surface area (Å²) in [6.07, 6.45) is -0.0573. The number of benzene rings is 2. The highest BCUT2D eigenvalue weighted by Crippen LogP contribution is 2.15. The molecule has 0 heterocycles. The molecule has 0 radical (unpaired) electrons. The lowest BCUT2D eigenvalue weighted by Crippen LogP contribution is -2.27. The first-order chi connectivity index (χ1) is 11.0. The first-order valence-electron chi connectivity index (χ1n) is 6.74. The average molecular weight is 383 g/mol. The molecule has 0 aliphatic carbocycles. The predicted octanol–water partition coefficient (Wildman–Crippen LogP) is 3.49. The second-order valence-electron chi connectivity index (χ2n) is 4.69. The molecule has 0 unspecified atom stereocenters. The van der Waals surface area contributed by atoms with Gasteiger partial charge in [-0.05, 0) is 36.4 Å². The summed E-state index contributed by atoms with van der Waals surface area (Å²) in [5, 5.41) is 4.84. The third kappa shape index (κ3) is 5.14. The van der Waals surface area contributed by atoms with Crippen molar-refractivity contribution >= 4 is 33.4 Å². The SMILES string of the molecule is O=C(CCNC(=O)c1ccc(Br)cc1)Nc1cc(F)ccc1F. The van der Waals surface area contributed by atoms with E-state index in [1.54, 1.807) is 24.3 Å². The summed E-state index contributed by atoms with van der Waals surface area (Å²) in [6, 6.07) is 9.53. The molecule has 0 spiro atoms. The second kappa shape index (κ2) is 7.82. The Morgan fingerprint density at radius 3 is 2.43 bits per heavy atom.